The number of fused-ring (bicyclic) bond motifs is 1. The molecule has 3 nitrogen and oxygen atoms in total. The molecule has 0 fully saturated rings. The zero-order valence-corrected chi connectivity index (χ0v) is 8.47. The first kappa shape index (κ1) is 9.43. The van der Waals surface area contributed by atoms with Gasteiger partial charge in [-0.2, -0.15) is 0 Å². The molecule has 14 heavy (non-hydrogen) atoms. The second kappa shape index (κ2) is 3.22. The molecule has 1 aliphatic rings. The Labute approximate surface area is 83.5 Å². The first-order chi connectivity index (χ1) is 6.63. The number of nitrogens with one attached hydrogen (secondary N) is 1. The molecular weight excluding hydrogens is 198 g/mol. The van der Waals surface area contributed by atoms with Crippen LogP contribution < -0.4 is 4.72 Å². The van der Waals surface area contributed by atoms with Crippen molar-refractivity contribution < 1.29 is 8.42 Å². The molecule has 0 amide bonds. The van der Waals surface area contributed by atoms with Gasteiger partial charge in [0.15, 0.2) is 0 Å². The smallest absolute Gasteiger partial charge is 0.211 e. The average molecular weight is 209 g/mol. The van der Waals surface area contributed by atoms with Crippen LogP contribution in [0.4, 0.5) is 0 Å². The van der Waals surface area contributed by atoms with Crippen LogP contribution in [0.25, 0.3) is 6.08 Å². The van der Waals surface area contributed by atoms with Crippen molar-refractivity contribution in [3.8, 4) is 0 Å². The van der Waals surface area contributed by atoms with Crippen LogP contribution in [0.3, 0.4) is 0 Å². The lowest BCUT2D eigenvalue weighted by Crippen LogP contribution is -2.31. The molecule has 0 aliphatic carbocycles. The fourth-order valence-electron chi connectivity index (χ4n) is 1.58. The SMILES string of the molecule is C=Cc1ccc2c(c1)CCNS2(=O)=O. The standard InChI is InChI=1S/C10H11NO2S/c1-2-8-3-4-10-9(7-8)5-6-11-14(10,12)13/h2-4,7,11H,1,5-6H2. The molecule has 2 rings (SSSR count). The molecule has 1 aliphatic heterocycles. The van der Waals surface area contributed by atoms with Gasteiger partial charge in [0.1, 0.15) is 0 Å². The maximum absolute atomic E-state index is 11.5. The van der Waals surface area contributed by atoms with Crippen molar-refractivity contribution in [3.05, 3.63) is 35.9 Å². The summed E-state index contributed by atoms with van der Waals surface area (Å²) < 4.78 is 25.6. The summed E-state index contributed by atoms with van der Waals surface area (Å²) >= 11 is 0. The third-order valence-corrected chi connectivity index (χ3v) is 3.86. The molecule has 0 spiro atoms. The predicted molar refractivity (Wildman–Crippen MR) is 55.4 cm³/mol. The summed E-state index contributed by atoms with van der Waals surface area (Å²) in [6.45, 7) is 4.13. The van der Waals surface area contributed by atoms with Gasteiger partial charge in [0.2, 0.25) is 10.0 Å². The number of hydrogen-bond acceptors (Lipinski definition) is 2. The van der Waals surface area contributed by atoms with Gasteiger partial charge in [-0.1, -0.05) is 24.8 Å². The molecule has 0 aromatic heterocycles. The number of hydrogen-bond donors (Lipinski definition) is 1. The normalized spacial score (nSPS) is 18.6. The molecular formula is C10H11NO2S. The minimum atomic E-state index is -3.25. The molecule has 0 radical (unpaired) electrons. The molecule has 0 bridgehead atoms. The summed E-state index contributed by atoms with van der Waals surface area (Å²) in [7, 11) is -3.25. The van der Waals surface area contributed by atoms with E-state index in [1.165, 1.54) is 0 Å². The van der Waals surface area contributed by atoms with Crippen LogP contribution in [-0.2, 0) is 16.4 Å². The maximum Gasteiger partial charge on any atom is 0.240 e. The molecule has 0 saturated heterocycles. The first-order valence-electron chi connectivity index (χ1n) is 4.38. The van der Waals surface area contributed by atoms with Crippen LogP contribution in [-0.4, -0.2) is 15.0 Å². The van der Waals surface area contributed by atoms with E-state index < -0.39 is 10.0 Å². The Morgan fingerprint density at radius 1 is 1.43 bits per heavy atom. The van der Waals surface area contributed by atoms with E-state index in [4.69, 9.17) is 0 Å². The average Bonchev–Trinajstić information content (AvgIpc) is 2.16. The van der Waals surface area contributed by atoms with Gasteiger partial charge in [-0.15, -0.1) is 0 Å². The van der Waals surface area contributed by atoms with Crippen molar-refractivity contribution in [2.45, 2.75) is 11.3 Å². The lowest BCUT2D eigenvalue weighted by molar-refractivity contribution is 0.573. The van der Waals surface area contributed by atoms with Gasteiger partial charge < -0.3 is 0 Å². The van der Waals surface area contributed by atoms with E-state index in [0.717, 1.165) is 17.5 Å². The van der Waals surface area contributed by atoms with Crippen LogP contribution in [0, 0.1) is 0 Å². The summed E-state index contributed by atoms with van der Waals surface area (Å²) in [6, 6.07) is 5.27. The van der Waals surface area contributed by atoms with Crippen LogP contribution in [0.15, 0.2) is 29.7 Å². The van der Waals surface area contributed by atoms with Gasteiger partial charge in [0.05, 0.1) is 4.90 Å². The Bertz CT molecular complexity index is 477. The van der Waals surface area contributed by atoms with Gasteiger partial charge in [0.25, 0.3) is 0 Å². The maximum atomic E-state index is 11.5. The Hall–Kier alpha value is -1.13. The third kappa shape index (κ3) is 1.47. The van der Waals surface area contributed by atoms with Crippen molar-refractivity contribution in [1.29, 1.82) is 0 Å². The highest BCUT2D eigenvalue weighted by atomic mass is 32.2. The molecule has 74 valence electrons. The van der Waals surface area contributed by atoms with Gasteiger partial charge in [-0.05, 0) is 23.6 Å². The molecule has 1 aromatic rings. The van der Waals surface area contributed by atoms with Crippen molar-refractivity contribution >= 4 is 16.1 Å². The van der Waals surface area contributed by atoms with Gasteiger partial charge in [-0.3, -0.25) is 0 Å². The molecule has 4 heteroatoms. The van der Waals surface area contributed by atoms with Gasteiger partial charge in [0, 0.05) is 6.54 Å². The van der Waals surface area contributed by atoms with Crippen molar-refractivity contribution in [2.75, 3.05) is 6.54 Å². The van der Waals surface area contributed by atoms with Crippen LogP contribution in [0.2, 0.25) is 0 Å². The molecule has 0 unspecified atom stereocenters. The quantitative estimate of drug-likeness (QED) is 0.754. The van der Waals surface area contributed by atoms with E-state index in [0.29, 0.717) is 11.4 Å². The fraction of sp³-hybridized carbons (Fsp3) is 0.200. The van der Waals surface area contributed by atoms with E-state index in [9.17, 15) is 8.42 Å². The van der Waals surface area contributed by atoms with E-state index in [1.807, 2.05) is 6.07 Å². The molecule has 0 saturated carbocycles. The van der Waals surface area contributed by atoms with E-state index in [2.05, 4.69) is 11.3 Å². The van der Waals surface area contributed by atoms with Crippen molar-refractivity contribution in [1.82, 2.24) is 4.72 Å². The van der Waals surface area contributed by atoms with Crippen LogP contribution in [0.1, 0.15) is 11.1 Å². The Morgan fingerprint density at radius 2 is 2.21 bits per heavy atom. The van der Waals surface area contributed by atoms with Crippen molar-refractivity contribution in [2.24, 2.45) is 0 Å². The topological polar surface area (TPSA) is 46.2 Å². The lowest BCUT2D eigenvalue weighted by atomic mass is 10.1. The fourth-order valence-corrected chi connectivity index (χ4v) is 2.86. The van der Waals surface area contributed by atoms with E-state index in [-0.39, 0.29) is 0 Å². The number of rotatable bonds is 1. The highest BCUT2D eigenvalue weighted by molar-refractivity contribution is 7.89. The minimum absolute atomic E-state index is 0.398. The van der Waals surface area contributed by atoms with E-state index >= 15 is 0 Å². The lowest BCUT2D eigenvalue weighted by Gasteiger charge is -2.17. The summed E-state index contributed by atoms with van der Waals surface area (Å²) in [5, 5.41) is 0. The predicted octanol–water partition coefficient (Wildman–Crippen LogP) is 1.16. The van der Waals surface area contributed by atoms with E-state index in [1.54, 1.807) is 18.2 Å². The third-order valence-electron chi connectivity index (χ3n) is 2.30. The first-order valence-corrected chi connectivity index (χ1v) is 5.87. The molecule has 1 heterocycles. The number of benzene rings is 1. The second-order valence-electron chi connectivity index (χ2n) is 3.22. The van der Waals surface area contributed by atoms with Crippen LogP contribution >= 0.6 is 0 Å². The Balaban J connectivity index is 2.63. The largest absolute Gasteiger partial charge is 0.240 e. The Kier molecular flexibility index (Phi) is 2.17. The van der Waals surface area contributed by atoms with Crippen LogP contribution in [0.5, 0.6) is 0 Å². The number of sulfonamides is 1. The van der Waals surface area contributed by atoms with Crippen molar-refractivity contribution in [3.63, 3.8) is 0 Å². The highest BCUT2D eigenvalue weighted by Crippen LogP contribution is 2.21. The summed E-state index contributed by atoms with van der Waals surface area (Å²) in [4.78, 5) is 0.398. The van der Waals surface area contributed by atoms with Gasteiger partial charge in [-0.25, -0.2) is 13.1 Å². The highest BCUT2D eigenvalue weighted by Gasteiger charge is 2.22. The molecule has 0 atom stereocenters. The molecule has 1 aromatic carbocycles. The zero-order valence-electron chi connectivity index (χ0n) is 7.66. The summed E-state index contributed by atoms with van der Waals surface area (Å²) in [6.07, 6.45) is 2.46. The Morgan fingerprint density at radius 3 is 2.93 bits per heavy atom. The monoisotopic (exact) mass is 209 g/mol. The zero-order chi connectivity index (χ0) is 10.2. The summed E-state index contributed by atoms with van der Waals surface area (Å²) in [5.74, 6) is 0. The summed E-state index contributed by atoms with van der Waals surface area (Å²) in [5.41, 5.74) is 1.84. The molecule has 1 N–H and O–H groups in total. The second-order valence-corrected chi connectivity index (χ2v) is 4.95. The van der Waals surface area contributed by atoms with Gasteiger partial charge >= 0.3 is 0 Å². The minimum Gasteiger partial charge on any atom is -0.211 e.